The lowest BCUT2D eigenvalue weighted by Crippen LogP contribution is -2.37. The van der Waals surface area contributed by atoms with Gasteiger partial charge in [-0.25, -0.2) is 4.39 Å². The van der Waals surface area contributed by atoms with Crippen molar-refractivity contribution in [3.63, 3.8) is 0 Å². The smallest absolute Gasteiger partial charge is 0.253 e. The maximum absolute atomic E-state index is 13.0. The van der Waals surface area contributed by atoms with Crippen molar-refractivity contribution < 1.29 is 9.18 Å². The molecular formula is C16H14BrClFNO. The van der Waals surface area contributed by atoms with Gasteiger partial charge >= 0.3 is 0 Å². The molecule has 0 aliphatic carbocycles. The molecule has 1 atom stereocenters. The highest BCUT2D eigenvalue weighted by Gasteiger charge is 2.16. The highest BCUT2D eigenvalue weighted by atomic mass is 79.9. The summed E-state index contributed by atoms with van der Waals surface area (Å²) in [6.07, 6.45) is 0.705. The van der Waals surface area contributed by atoms with E-state index in [-0.39, 0.29) is 22.5 Å². The van der Waals surface area contributed by atoms with Crippen LogP contribution in [0.5, 0.6) is 0 Å². The van der Waals surface area contributed by atoms with E-state index in [9.17, 15) is 9.18 Å². The van der Waals surface area contributed by atoms with E-state index in [0.29, 0.717) is 11.8 Å². The molecule has 2 nitrogen and oxygen atoms in total. The molecule has 1 amide bonds. The average molecular weight is 371 g/mol. The zero-order valence-corrected chi connectivity index (χ0v) is 13.5. The Balaban J connectivity index is 2.06. The van der Waals surface area contributed by atoms with E-state index in [1.54, 1.807) is 0 Å². The van der Waals surface area contributed by atoms with E-state index < -0.39 is 5.82 Å². The molecule has 0 saturated carbocycles. The molecule has 0 radical (unpaired) electrons. The number of hydrogen-bond acceptors (Lipinski definition) is 1. The molecule has 0 aromatic heterocycles. The maximum Gasteiger partial charge on any atom is 0.253 e. The molecule has 0 spiro atoms. The normalized spacial score (nSPS) is 12.0. The van der Waals surface area contributed by atoms with E-state index in [2.05, 4.69) is 21.2 Å². The molecule has 0 aliphatic rings. The minimum absolute atomic E-state index is 0.0685. The summed E-state index contributed by atoms with van der Waals surface area (Å²) < 4.78 is 13.0. The number of alkyl halides is 1. The standard InChI is InChI=1S/C16H14BrClFNO/c17-10-13(8-11-4-2-1-3-5-11)20-16(21)14-7-6-12(19)9-15(14)18/h1-7,9,13H,8,10H2,(H,20,21). The molecule has 110 valence electrons. The fourth-order valence-corrected chi connectivity index (χ4v) is 2.62. The molecule has 1 unspecified atom stereocenters. The monoisotopic (exact) mass is 369 g/mol. The second-order valence-electron chi connectivity index (χ2n) is 4.64. The third-order valence-electron chi connectivity index (χ3n) is 3.02. The number of benzene rings is 2. The molecule has 2 rings (SSSR count). The van der Waals surface area contributed by atoms with Crippen molar-refractivity contribution in [2.24, 2.45) is 0 Å². The van der Waals surface area contributed by atoms with Gasteiger partial charge in [-0.2, -0.15) is 0 Å². The molecule has 2 aromatic carbocycles. The summed E-state index contributed by atoms with van der Waals surface area (Å²) in [4.78, 5) is 12.2. The molecule has 21 heavy (non-hydrogen) atoms. The Hall–Kier alpha value is -1.39. The van der Waals surface area contributed by atoms with Crippen molar-refractivity contribution >= 4 is 33.4 Å². The van der Waals surface area contributed by atoms with Gasteiger partial charge in [0, 0.05) is 11.4 Å². The summed E-state index contributed by atoms with van der Waals surface area (Å²) in [5.41, 5.74) is 1.41. The third-order valence-corrected chi connectivity index (χ3v) is 4.12. The summed E-state index contributed by atoms with van der Waals surface area (Å²) in [5.74, 6) is -0.766. The van der Waals surface area contributed by atoms with Crippen molar-refractivity contribution in [1.82, 2.24) is 5.32 Å². The Morgan fingerprint density at radius 3 is 2.57 bits per heavy atom. The summed E-state index contributed by atoms with van der Waals surface area (Å²) in [6.45, 7) is 0. The Morgan fingerprint density at radius 1 is 1.24 bits per heavy atom. The van der Waals surface area contributed by atoms with Gasteiger partial charge in [0.25, 0.3) is 5.91 Å². The van der Waals surface area contributed by atoms with Crippen molar-refractivity contribution in [2.75, 3.05) is 5.33 Å². The molecule has 5 heteroatoms. The Morgan fingerprint density at radius 2 is 1.95 bits per heavy atom. The Kier molecular flexibility index (Phi) is 5.76. The van der Waals surface area contributed by atoms with Crippen LogP contribution in [0.4, 0.5) is 4.39 Å². The zero-order chi connectivity index (χ0) is 15.2. The largest absolute Gasteiger partial charge is 0.348 e. The van der Waals surface area contributed by atoms with Gasteiger partial charge in [-0.15, -0.1) is 0 Å². The first-order chi connectivity index (χ1) is 10.1. The number of nitrogens with one attached hydrogen (secondary N) is 1. The number of carbonyl (C=O) groups is 1. The second-order valence-corrected chi connectivity index (χ2v) is 5.69. The number of halogens is 3. The van der Waals surface area contributed by atoms with Gasteiger partial charge in [0.2, 0.25) is 0 Å². The van der Waals surface area contributed by atoms with Gasteiger partial charge in [-0.05, 0) is 30.2 Å². The lowest BCUT2D eigenvalue weighted by molar-refractivity contribution is 0.0941. The lowest BCUT2D eigenvalue weighted by Gasteiger charge is -2.17. The molecule has 0 saturated heterocycles. The van der Waals surface area contributed by atoms with Crippen molar-refractivity contribution in [3.05, 3.63) is 70.5 Å². The molecule has 0 bridgehead atoms. The second kappa shape index (κ2) is 7.57. The topological polar surface area (TPSA) is 29.1 Å². The number of amides is 1. The number of carbonyl (C=O) groups excluding carboxylic acids is 1. The SMILES string of the molecule is O=C(NC(CBr)Cc1ccccc1)c1ccc(F)cc1Cl. The van der Waals surface area contributed by atoms with Gasteiger partial charge in [0.1, 0.15) is 5.82 Å². The third kappa shape index (κ3) is 4.55. The van der Waals surface area contributed by atoms with E-state index in [1.165, 1.54) is 12.1 Å². The van der Waals surface area contributed by atoms with Gasteiger partial charge in [-0.1, -0.05) is 57.9 Å². The molecule has 0 fully saturated rings. The van der Waals surface area contributed by atoms with Crippen LogP contribution in [0, 0.1) is 5.82 Å². The minimum Gasteiger partial charge on any atom is -0.348 e. The number of rotatable bonds is 5. The first-order valence-corrected chi connectivity index (χ1v) is 7.96. The van der Waals surface area contributed by atoms with Crippen LogP contribution in [0.2, 0.25) is 5.02 Å². The van der Waals surface area contributed by atoms with E-state index >= 15 is 0 Å². The quantitative estimate of drug-likeness (QED) is 0.785. The fourth-order valence-electron chi connectivity index (χ4n) is 1.98. The summed E-state index contributed by atoms with van der Waals surface area (Å²) in [7, 11) is 0. The molecule has 0 heterocycles. The van der Waals surface area contributed by atoms with Gasteiger partial charge in [0.05, 0.1) is 10.6 Å². The predicted molar refractivity (Wildman–Crippen MR) is 86.6 cm³/mol. The van der Waals surface area contributed by atoms with Crippen LogP contribution in [0.15, 0.2) is 48.5 Å². The first kappa shape index (κ1) is 16.0. The van der Waals surface area contributed by atoms with Gasteiger partial charge in [0.15, 0.2) is 0 Å². The molecule has 1 N–H and O–H groups in total. The van der Waals surface area contributed by atoms with Gasteiger partial charge in [-0.3, -0.25) is 4.79 Å². The van der Waals surface area contributed by atoms with E-state index in [4.69, 9.17) is 11.6 Å². The molecular weight excluding hydrogens is 357 g/mol. The molecule has 0 aliphatic heterocycles. The van der Waals surface area contributed by atoms with Crippen LogP contribution >= 0.6 is 27.5 Å². The minimum atomic E-state index is -0.460. The molecule has 2 aromatic rings. The Bertz CT molecular complexity index is 621. The van der Waals surface area contributed by atoms with Crippen molar-refractivity contribution in [1.29, 1.82) is 0 Å². The van der Waals surface area contributed by atoms with Crippen LogP contribution in [0.25, 0.3) is 0 Å². The lowest BCUT2D eigenvalue weighted by atomic mass is 10.1. The van der Waals surface area contributed by atoms with Crippen LogP contribution in [0.1, 0.15) is 15.9 Å². The van der Waals surface area contributed by atoms with Crippen LogP contribution in [-0.4, -0.2) is 17.3 Å². The zero-order valence-electron chi connectivity index (χ0n) is 11.2. The van der Waals surface area contributed by atoms with Crippen molar-refractivity contribution in [3.8, 4) is 0 Å². The highest BCUT2D eigenvalue weighted by molar-refractivity contribution is 9.09. The van der Waals surface area contributed by atoms with E-state index in [0.717, 1.165) is 11.6 Å². The number of hydrogen-bond donors (Lipinski definition) is 1. The first-order valence-electron chi connectivity index (χ1n) is 6.46. The maximum atomic E-state index is 13.0. The Labute approximate surface area is 136 Å². The fraction of sp³-hybridized carbons (Fsp3) is 0.188. The van der Waals surface area contributed by atoms with Crippen LogP contribution < -0.4 is 5.32 Å². The summed E-state index contributed by atoms with van der Waals surface area (Å²) >= 11 is 9.30. The highest BCUT2D eigenvalue weighted by Crippen LogP contribution is 2.17. The van der Waals surface area contributed by atoms with E-state index in [1.807, 2.05) is 30.3 Å². The predicted octanol–water partition coefficient (Wildman–Crippen LogP) is 4.22. The van der Waals surface area contributed by atoms with Gasteiger partial charge < -0.3 is 5.32 Å². The van der Waals surface area contributed by atoms with Crippen LogP contribution in [-0.2, 0) is 6.42 Å². The summed E-state index contributed by atoms with van der Waals surface area (Å²) in [6, 6.07) is 13.6. The summed E-state index contributed by atoms with van der Waals surface area (Å²) in [5, 5.41) is 3.63. The average Bonchev–Trinajstić information content (AvgIpc) is 2.47. The van der Waals surface area contributed by atoms with Crippen LogP contribution in [0.3, 0.4) is 0 Å². The van der Waals surface area contributed by atoms with Crippen molar-refractivity contribution in [2.45, 2.75) is 12.5 Å².